The molecule has 0 aromatic heterocycles. The normalized spacial score (nSPS) is 12.5. The van der Waals surface area contributed by atoms with Gasteiger partial charge in [0.15, 0.2) is 11.5 Å². The largest absolute Gasteiger partial charge is 0.493 e. The van der Waals surface area contributed by atoms with Crippen LogP contribution in [0.4, 0.5) is 0 Å². The van der Waals surface area contributed by atoms with Crippen LogP contribution in [0.25, 0.3) is 10.4 Å². The molecule has 0 fully saturated rings. The smallest absolute Gasteiger partial charge is 0.160 e. The lowest BCUT2D eigenvalue weighted by atomic mass is 9.87. The summed E-state index contributed by atoms with van der Waals surface area (Å²) in [5.74, 6) is 1.70. The number of methoxy groups -OCH3 is 2. The fourth-order valence-corrected chi connectivity index (χ4v) is 2.19. The fraction of sp³-hybridized carbons (Fsp3) is 0.571. The third-order valence-electron chi connectivity index (χ3n) is 3.10. The summed E-state index contributed by atoms with van der Waals surface area (Å²) in [6.07, 6.45) is 0.770. The zero-order valence-corrected chi connectivity index (χ0v) is 12.2. The first-order valence-corrected chi connectivity index (χ1v) is 6.21. The van der Waals surface area contributed by atoms with Gasteiger partial charge in [-0.2, -0.15) is 0 Å². The van der Waals surface area contributed by atoms with Crippen molar-refractivity contribution in [3.05, 3.63) is 34.2 Å². The summed E-state index contributed by atoms with van der Waals surface area (Å²) in [5, 5.41) is 3.82. The number of nitrogens with zero attached hydrogens (tertiary/aromatic N) is 3. The van der Waals surface area contributed by atoms with Crippen LogP contribution in [0, 0.1) is 0 Å². The molecule has 0 saturated heterocycles. The van der Waals surface area contributed by atoms with Crippen LogP contribution < -0.4 is 9.47 Å². The molecular weight excluding hydrogens is 242 g/mol. The Kier molecular flexibility index (Phi) is 5.07. The van der Waals surface area contributed by atoms with E-state index in [9.17, 15) is 0 Å². The lowest BCUT2D eigenvalue weighted by molar-refractivity contribution is 0.353. The van der Waals surface area contributed by atoms with Gasteiger partial charge in [-0.05, 0) is 35.6 Å². The number of azide groups is 1. The Hall–Kier alpha value is -1.87. The minimum atomic E-state index is -0.401. The van der Waals surface area contributed by atoms with Gasteiger partial charge >= 0.3 is 0 Å². The molecule has 0 aliphatic heterocycles. The van der Waals surface area contributed by atoms with Crippen LogP contribution in [0.5, 0.6) is 11.5 Å². The fourth-order valence-electron chi connectivity index (χ4n) is 2.19. The average molecular weight is 263 g/mol. The first kappa shape index (κ1) is 15.2. The summed E-state index contributed by atoms with van der Waals surface area (Å²) in [7, 11) is 3.24. The van der Waals surface area contributed by atoms with Crippen molar-refractivity contribution < 1.29 is 9.47 Å². The predicted octanol–water partition coefficient (Wildman–Crippen LogP) is 4.29. The van der Waals surface area contributed by atoms with Crippen LogP contribution in [-0.2, 0) is 0 Å². The maximum absolute atomic E-state index is 8.56. The third-order valence-corrected chi connectivity index (χ3v) is 3.10. The number of hydrogen-bond donors (Lipinski definition) is 0. The molecular formula is C14H21N3O2. The Labute approximate surface area is 114 Å². The number of hydrogen-bond acceptors (Lipinski definition) is 3. The number of benzene rings is 1. The van der Waals surface area contributed by atoms with Crippen LogP contribution in [0.15, 0.2) is 23.3 Å². The van der Waals surface area contributed by atoms with Gasteiger partial charge in [0, 0.05) is 10.5 Å². The molecule has 0 amide bonds. The van der Waals surface area contributed by atoms with E-state index >= 15 is 0 Å². The van der Waals surface area contributed by atoms with Crippen molar-refractivity contribution in [2.75, 3.05) is 14.2 Å². The summed E-state index contributed by atoms with van der Waals surface area (Å²) in [4.78, 5) is 2.90. The van der Waals surface area contributed by atoms with Gasteiger partial charge in [0.25, 0.3) is 0 Å². The Balaban J connectivity index is 2.94. The second-order valence-corrected chi connectivity index (χ2v) is 5.22. The molecule has 0 aliphatic rings. The standard InChI is InChI=1S/C14H21N3O2/c1-10(9-14(2,3)16-17-15)11-6-7-12(18-4)13(8-11)19-5/h6-8,10H,9H2,1-5H3. The van der Waals surface area contributed by atoms with Gasteiger partial charge in [-0.3, -0.25) is 0 Å². The van der Waals surface area contributed by atoms with E-state index in [-0.39, 0.29) is 5.92 Å². The topological polar surface area (TPSA) is 67.2 Å². The van der Waals surface area contributed by atoms with E-state index in [4.69, 9.17) is 15.0 Å². The Morgan fingerprint density at radius 1 is 1.26 bits per heavy atom. The molecule has 104 valence electrons. The molecule has 0 saturated carbocycles. The molecule has 0 bridgehead atoms. The van der Waals surface area contributed by atoms with Gasteiger partial charge < -0.3 is 9.47 Å². The molecule has 0 heterocycles. The van der Waals surface area contributed by atoms with Gasteiger partial charge in [0.1, 0.15) is 0 Å². The highest BCUT2D eigenvalue weighted by Gasteiger charge is 2.21. The molecule has 1 aromatic carbocycles. The summed E-state index contributed by atoms with van der Waals surface area (Å²) >= 11 is 0. The predicted molar refractivity (Wildman–Crippen MR) is 75.8 cm³/mol. The van der Waals surface area contributed by atoms with Crippen molar-refractivity contribution in [3.8, 4) is 11.5 Å². The zero-order valence-electron chi connectivity index (χ0n) is 12.2. The maximum Gasteiger partial charge on any atom is 0.160 e. The average Bonchev–Trinajstić information content (AvgIpc) is 2.37. The first-order valence-electron chi connectivity index (χ1n) is 6.21. The van der Waals surface area contributed by atoms with Gasteiger partial charge in [-0.1, -0.05) is 32.0 Å². The van der Waals surface area contributed by atoms with Crippen molar-refractivity contribution in [2.24, 2.45) is 5.11 Å². The van der Waals surface area contributed by atoms with Gasteiger partial charge in [0.05, 0.1) is 14.2 Å². The molecule has 0 N–H and O–H groups in total. The lowest BCUT2D eigenvalue weighted by Crippen LogP contribution is -2.18. The van der Waals surface area contributed by atoms with Gasteiger partial charge in [-0.25, -0.2) is 0 Å². The minimum Gasteiger partial charge on any atom is -0.493 e. The monoisotopic (exact) mass is 263 g/mol. The highest BCUT2D eigenvalue weighted by atomic mass is 16.5. The van der Waals surface area contributed by atoms with Crippen molar-refractivity contribution in [3.63, 3.8) is 0 Å². The lowest BCUT2D eigenvalue weighted by Gasteiger charge is -2.23. The van der Waals surface area contributed by atoms with Crippen molar-refractivity contribution >= 4 is 0 Å². The quantitative estimate of drug-likeness (QED) is 0.436. The van der Waals surface area contributed by atoms with Crippen molar-refractivity contribution in [2.45, 2.75) is 38.6 Å². The molecule has 19 heavy (non-hydrogen) atoms. The van der Waals surface area contributed by atoms with E-state index in [1.807, 2.05) is 32.0 Å². The van der Waals surface area contributed by atoms with Crippen LogP contribution >= 0.6 is 0 Å². The highest BCUT2D eigenvalue weighted by Crippen LogP contribution is 2.34. The van der Waals surface area contributed by atoms with Crippen LogP contribution in [0.1, 0.15) is 38.7 Å². The number of rotatable bonds is 6. The van der Waals surface area contributed by atoms with Crippen molar-refractivity contribution in [1.29, 1.82) is 0 Å². The Bertz CT molecular complexity index is 480. The molecule has 1 atom stereocenters. The van der Waals surface area contributed by atoms with E-state index in [0.29, 0.717) is 11.5 Å². The molecule has 0 radical (unpaired) electrons. The van der Waals surface area contributed by atoms with E-state index in [0.717, 1.165) is 12.0 Å². The summed E-state index contributed by atoms with van der Waals surface area (Å²) in [5.41, 5.74) is 9.29. The van der Waals surface area contributed by atoms with E-state index < -0.39 is 5.54 Å². The minimum absolute atomic E-state index is 0.264. The maximum atomic E-state index is 8.56. The number of ether oxygens (including phenoxy) is 2. The second-order valence-electron chi connectivity index (χ2n) is 5.22. The summed E-state index contributed by atoms with van der Waals surface area (Å²) in [6, 6.07) is 5.87. The molecule has 1 unspecified atom stereocenters. The third kappa shape index (κ3) is 4.07. The molecule has 1 aromatic rings. The SMILES string of the molecule is COc1ccc(C(C)CC(C)(C)N=[N+]=[N-])cc1OC. The van der Waals surface area contributed by atoms with E-state index in [2.05, 4.69) is 16.9 Å². The summed E-state index contributed by atoms with van der Waals surface area (Å²) < 4.78 is 10.5. The molecule has 1 rings (SSSR count). The zero-order chi connectivity index (χ0) is 14.5. The van der Waals surface area contributed by atoms with Gasteiger partial charge in [0.2, 0.25) is 0 Å². The van der Waals surface area contributed by atoms with Gasteiger partial charge in [-0.15, -0.1) is 0 Å². The summed E-state index contributed by atoms with van der Waals surface area (Å²) in [6.45, 7) is 5.98. The molecule has 5 heteroatoms. The second kappa shape index (κ2) is 6.34. The van der Waals surface area contributed by atoms with E-state index in [1.165, 1.54) is 0 Å². The Morgan fingerprint density at radius 2 is 1.89 bits per heavy atom. The highest BCUT2D eigenvalue weighted by molar-refractivity contribution is 5.43. The van der Waals surface area contributed by atoms with Crippen LogP contribution in [-0.4, -0.2) is 19.8 Å². The molecule has 0 aliphatic carbocycles. The van der Waals surface area contributed by atoms with E-state index in [1.54, 1.807) is 14.2 Å². The Morgan fingerprint density at radius 3 is 2.42 bits per heavy atom. The van der Waals surface area contributed by atoms with Crippen LogP contribution in [0.2, 0.25) is 0 Å². The van der Waals surface area contributed by atoms with Crippen molar-refractivity contribution in [1.82, 2.24) is 0 Å². The molecule has 5 nitrogen and oxygen atoms in total. The molecule has 0 spiro atoms. The van der Waals surface area contributed by atoms with Crippen LogP contribution in [0.3, 0.4) is 0 Å². The first-order chi connectivity index (χ1) is 8.93.